The number of fused-ring (bicyclic) bond motifs is 3. The number of hydrogen-bond donors (Lipinski definition) is 1. The van der Waals surface area contributed by atoms with E-state index < -0.39 is 29.8 Å². The van der Waals surface area contributed by atoms with Gasteiger partial charge >= 0.3 is 6.09 Å². The van der Waals surface area contributed by atoms with Gasteiger partial charge in [0.15, 0.2) is 0 Å². The van der Waals surface area contributed by atoms with Gasteiger partial charge in [-0.05, 0) is 70.6 Å². The smallest absolute Gasteiger partial charge is 0.408 e. The molecule has 1 aromatic rings. The highest BCUT2D eigenvalue weighted by atomic mass is 16.6. The van der Waals surface area contributed by atoms with E-state index in [4.69, 9.17) is 4.74 Å². The van der Waals surface area contributed by atoms with Crippen LogP contribution in [0.5, 0.6) is 0 Å². The molecule has 41 heavy (non-hydrogen) atoms. The van der Waals surface area contributed by atoms with Crippen LogP contribution >= 0.6 is 0 Å². The molecule has 4 amide bonds. The quantitative estimate of drug-likeness (QED) is 0.538. The number of amides is 4. The molecule has 1 N–H and O–H groups in total. The molecule has 11 nitrogen and oxygen atoms in total. The van der Waals surface area contributed by atoms with Crippen LogP contribution in [0.1, 0.15) is 68.9 Å². The second kappa shape index (κ2) is 10.6. The molecule has 0 aromatic heterocycles. The summed E-state index contributed by atoms with van der Waals surface area (Å²) >= 11 is 0. The number of benzene rings is 1. The predicted molar refractivity (Wildman–Crippen MR) is 149 cm³/mol. The van der Waals surface area contributed by atoms with Gasteiger partial charge in [0.05, 0.1) is 18.2 Å². The van der Waals surface area contributed by atoms with Crippen molar-refractivity contribution < 1.29 is 23.9 Å². The third kappa shape index (κ3) is 5.62. The second-order valence-corrected chi connectivity index (χ2v) is 13.0. The highest BCUT2D eigenvalue weighted by Gasteiger charge is 2.56. The molecular weight excluding hydrogens is 524 g/mol. The van der Waals surface area contributed by atoms with E-state index in [2.05, 4.69) is 11.4 Å². The fourth-order valence-electron chi connectivity index (χ4n) is 6.66. The Morgan fingerprint density at radius 1 is 1.15 bits per heavy atom. The normalized spacial score (nSPS) is 28.1. The van der Waals surface area contributed by atoms with E-state index in [0.29, 0.717) is 30.9 Å². The van der Waals surface area contributed by atoms with E-state index in [1.807, 2.05) is 28.9 Å². The van der Waals surface area contributed by atoms with E-state index in [1.54, 1.807) is 51.9 Å². The van der Waals surface area contributed by atoms with Crippen LogP contribution in [0.2, 0.25) is 0 Å². The number of nitriles is 1. The molecule has 1 aromatic carbocycles. The van der Waals surface area contributed by atoms with Crippen LogP contribution in [0.3, 0.4) is 0 Å². The number of ether oxygens (including phenoxy) is 1. The predicted octanol–water partition coefficient (Wildman–Crippen LogP) is 2.14. The van der Waals surface area contributed by atoms with Gasteiger partial charge in [-0.3, -0.25) is 19.3 Å². The second-order valence-electron chi connectivity index (χ2n) is 13.0. The maximum atomic E-state index is 13.8. The summed E-state index contributed by atoms with van der Waals surface area (Å²) < 4.78 is 5.45. The number of hydrogen-bond acceptors (Lipinski definition) is 7. The molecule has 3 aliphatic heterocycles. The minimum Gasteiger partial charge on any atom is -0.444 e. The zero-order chi connectivity index (χ0) is 29.8. The first-order valence-electron chi connectivity index (χ1n) is 14.4. The van der Waals surface area contributed by atoms with Crippen LogP contribution in [0.4, 0.5) is 4.79 Å². The number of nitrogens with one attached hydrogen (secondary N) is 1. The summed E-state index contributed by atoms with van der Waals surface area (Å²) in [7, 11) is 3.42. The average molecular weight is 565 g/mol. The summed E-state index contributed by atoms with van der Waals surface area (Å²) in [6, 6.07) is 7.62. The number of nitrogens with zero attached hydrogens (tertiary/aromatic N) is 5. The number of piperazine rings is 1. The van der Waals surface area contributed by atoms with Gasteiger partial charge in [0.1, 0.15) is 17.7 Å². The van der Waals surface area contributed by atoms with E-state index in [1.165, 1.54) is 4.90 Å². The van der Waals surface area contributed by atoms with Crippen LogP contribution in [0.25, 0.3) is 0 Å². The molecule has 11 heteroatoms. The lowest BCUT2D eigenvalue weighted by Gasteiger charge is -2.39. The topological polar surface area (TPSA) is 126 Å². The van der Waals surface area contributed by atoms with E-state index in [-0.39, 0.29) is 42.4 Å². The van der Waals surface area contributed by atoms with Crippen LogP contribution in [-0.4, -0.2) is 106 Å². The van der Waals surface area contributed by atoms with Crippen molar-refractivity contribution in [1.29, 1.82) is 5.26 Å². The average Bonchev–Trinajstić information content (AvgIpc) is 3.23. The Balaban J connectivity index is 1.28. The van der Waals surface area contributed by atoms with Gasteiger partial charge in [-0.15, -0.1) is 0 Å². The Labute approximate surface area is 241 Å². The molecule has 4 unspecified atom stereocenters. The fourth-order valence-corrected chi connectivity index (χ4v) is 6.66. The standard InChI is InChI=1S/C30H40N6O5/c1-17(18-7-9-19(10-8-18)26(37)33(5)6)35-22-13-25(28(35)39)34(15-22)16-23(32-29(40)41-30(2,3)4)27(38)36-21(14-31)11-20-12-24(20)36/h7-10,17,20-25H,11-13,15-16H2,1-6H3,(H,32,40)/t17-,20?,21-,22?,23-,24?,25?/m0/s1. The van der Waals surface area contributed by atoms with Gasteiger partial charge in [0.2, 0.25) is 11.8 Å². The number of likely N-dealkylation sites (tertiary alicyclic amines) is 3. The van der Waals surface area contributed by atoms with Gasteiger partial charge in [-0.1, -0.05) is 12.1 Å². The molecule has 3 saturated heterocycles. The lowest BCUT2D eigenvalue weighted by molar-refractivity contribution is -0.141. The first kappa shape index (κ1) is 28.9. The van der Waals surface area contributed by atoms with Crippen molar-refractivity contribution in [3.05, 3.63) is 35.4 Å². The van der Waals surface area contributed by atoms with Gasteiger partial charge in [0.25, 0.3) is 5.91 Å². The maximum absolute atomic E-state index is 13.8. The largest absolute Gasteiger partial charge is 0.444 e. The van der Waals surface area contributed by atoms with E-state index in [9.17, 15) is 24.4 Å². The first-order chi connectivity index (χ1) is 19.3. The van der Waals surface area contributed by atoms with Crippen molar-refractivity contribution in [2.45, 2.75) is 88.8 Å². The van der Waals surface area contributed by atoms with Crippen LogP contribution in [0.15, 0.2) is 24.3 Å². The molecule has 7 atom stereocenters. The molecule has 2 bridgehead atoms. The zero-order valence-corrected chi connectivity index (χ0v) is 24.7. The molecule has 5 rings (SSSR count). The lowest BCUT2D eigenvalue weighted by atomic mass is 10.0. The lowest BCUT2D eigenvalue weighted by Crippen LogP contribution is -2.59. The summed E-state index contributed by atoms with van der Waals surface area (Å²) in [6.07, 6.45) is 1.49. The van der Waals surface area contributed by atoms with Crippen molar-refractivity contribution in [2.75, 3.05) is 27.2 Å². The minimum atomic E-state index is -0.931. The van der Waals surface area contributed by atoms with E-state index in [0.717, 1.165) is 12.0 Å². The third-order valence-electron chi connectivity index (χ3n) is 8.69. The van der Waals surface area contributed by atoms with E-state index >= 15 is 0 Å². The first-order valence-corrected chi connectivity index (χ1v) is 14.4. The summed E-state index contributed by atoms with van der Waals surface area (Å²) in [6.45, 7) is 8.00. The highest BCUT2D eigenvalue weighted by Crippen LogP contribution is 2.48. The maximum Gasteiger partial charge on any atom is 0.408 e. The third-order valence-corrected chi connectivity index (χ3v) is 8.69. The van der Waals surface area contributed by atoms with Gasteiger partial charge < -0.3 is 24.8 Å². The molecule has 4 fully saturated rings. The summed E-state index contributed by atoms with van der Waals surface area (Å²) in [5.41, 5.74) is 0.802. The number of piperidine rings is 1. The van der Waals surface area contributed by atoms with Crippen molar-refractivity contribution in [2.24, 2.45) is 5.92 Å². The molecule has 1 aliphatic carbocycles. The summed E-state index contributed by atoms with van der Waals surface area (Å²) in [4.78, 5) is 59.4. The number of carbonyl (C=O) groups is 4. The Morgan fingerprint density at radius 3 is 2.41 bits per heavy atom. The number of rotatable bonds is 7. The Morgan fingerprint density at radius 2 is 1.83 bits per heavy atom. The zero-order valence-electron chi connectivity index (χ0n) is 24.7. The van der Waals surface area contributed by atoms with Crippen LogP contribution in [-0.2, 0) is 14.3 Å². The van der Waals surface area contributed by atoms with Crippen molar-refractivity contribution in [3.63, 3.8) is 0 Å². The SMILES string of the molecule is C[C@@H](c1ccc(C(=O)N(C)C)cc1)N1C(=O)C2CC1CN2C[C@H](NC(=O)OC(C)(C)C)C(=O)N1C2CC2C[C@H]1C#N. The molecular formula is C30H40N6O5. The van der Waals surface area contributed by atoms with Crippen LogP contribution in [0, 0.1) is 17.2 Å². The number of carbonyl (C=O) groups excluding carboxylic acids is 4. The van der Waals surface area contributed by atoms with Gasteiger partial charge in [0, 0.05) is 44.8 Å². The van der Waals surface area contributed by atoms with Crippen molar-refractivity contribution in [1.82, 2.24) is 24.9 Å². The Hall–Kier alpha value is -3.65. The minimum absolute atomic E-state index is 0.0102. The summed E-state index contributed by atoms with van der Waals surface area (Å²) in [5, 5.41) is 12.4. The van der Waals surface area contributed by atoms with Gasteiger partial charge in [-0.25, -0.2) is 4.79 Å². The van der Waals surface area contributed by atoms with Crippen LogP contribution < -0.4 is 5.32 Å². The Kier molecular flexibility index (Phi) is 7.49. The molecule has 3 heterocycles. The molecule has 0 radical (unpaired) electrons. The Bertz CT molecular complexity index is 1270. The summed E-state index contributed by atoms with van der Waals surface area (Å²) in [5.74, 6) is -0.0306. The van der Waals surface area contributed by atoms with Crippen molar-refractivity contribution >= 4 is 23.8 Å². The molecule has 4 aliphatic rings. The molecule has 220 valence electrons. The monoisotopic (exact) mass is 564 g/mol. The highest BCUT2D eigenvalue weighted by molar-refractivity contribution is 5.94. The molecule has 1 saturated carbocycles. The fraction of sp³-hybridized carbons (Fsp3) is 0.633. The van der Waals surface area contributed by atoms with Gasteiger partial charge in [-0.2, -0.15) is 5.26 Å². The number of alkyl carbamates (subject to hydrolysis) is 1. The molecule has 0 spiro atoms. The van der Waals surface area contributed by atoms with Crippen molar-refractivity contribution in [3.8, 4) is 6.07 Å².